The van der Waals surface area contributed by atoms with Gasteiger partial charge < -0.3 is 15.2 Å². The Morgan fingerprint density at radius 2 is 2.03 bits per heavy atom. The fourth-order valence-electron chi connectivity index (χ4n) is 4.62. The van der Waals surface area contributed by atoms with Gasteiger partial charge in [-0.1, -0.05) is 18.6 Å². The van der Waals surface area contributed by atoms with Crippen LogP contribution in [-0.2, 0) is 17.8 Å². The molecule has 4 aromatic rings. The average molecular weight is 427 g/mol. The minimum atomic E-state index is 0.162. The SMILES string of the molecule is Cc1[nH]c2ccc(NC(=O)C3CCC3)cc2c1CCN(C)Cc1ccc2ccncc2c1. The summed E-state index contributed by atoms with van der Waals surface area (Å²) < 4.78 is 0. The maximum absolute atomic E-state index is 12.4. The van der Waals surface area contributed by atoms with Crippen LogP contribution in [0.5, 0.6) is 0 Å². The van der Waals surface area contributed by atoms with Gasteiger partial charge in [0.25, 0.3) is 0 Å². The number of carbonyl (C=O) groups excluding carboxylic acids is 1. The van der Waals surface area contributed by atoms with Gasteiger partial charge in [0.2, 0.25) is 5.91 Å². The fourth-order valence-corrected chi connectivity index (χ4v) is 4.62. The van der Waals surface area contributed by atoms with Crippen LogP contribution in [0, 0.1) is 12.8 Å². The van der Waals surface area contributed by atoms with E-state index in [1.165, 1.54) is 39.4 Å². The summed E-state index contributed by atoms with van der Waals surface area (Å²) in [5.74, 6) is 0.354. The molecule has 0 aliphatic heterocycles. The molecule has 0 spiro atoms. The molecule has 2 N–H and O–H groups in total. The summed E-state index contributed by atoms with van der Waals surface area (Å²) in [6.07, 6.45) is 7.92. The van der Waals surface area contributed by atoms with Gasteiger partial charge in [0.1, 0.15) is 0 Å². The number of amides is 1. The Labute approximate surface area is 188 Å². The normalized spacial score (nSPS) is 14.2. The molecule has 2 aromatic heterocycles. The Morgan fingerprint density at radius 3 is 2.84 bits per heavy atom. The summed E-state index contributed by atoms with van der Waals surface area (Å²) in [5.41, 5.74) is 5.85. The van der Waals surface area contributed by atoms with Crippen LogP contribution in [-0.4, -0.2) is 34.4 Å². The zero-order chi connectivity index (χ0) is 22.1. The number of pyridine rings is 1. The molecule has 1 aliphatic rings. The van der Waals surface area contributed by atoms with E-state index in [9.17, 15) is 4.79 Å². The lowest BCUT2D eigenvalue weighted by atomic mass is 9.85. The van der Waals surface area contributed by atoms with Crippen molar-refractivity contribution < 1.29 is 4.79 Å². The number of aryl methyl sites for hydroxylation is 1. The van der Waals surface area contributed by atoms with E-state index in [1.807, 2.05) is 24.5 Å². The van der Waals surface area contributed by atoms with E-state index in [4.69, 9.17) is 0 Å². The Hall–Kier alpha value is -3.18. The Bertz CT molecular complexity index is 1270. The topological polar surface area (TPSA) is 61.0 Å². The van der Waals surface area contributed by atoms with E-state index in [2.05, 4.69) is 64.5 Å². The highest BCUT2D eigenvalue weighted by Crippen LogP contribution is 2.30. The highest BCUT2D eigenvalue weighted by molar-refractivity contribution is 5.96. The molecule has 5 rings (SSSR count). The second-order valence-electron chi connectivity index (χ2n) is 9.15. The molecule has 0 bridgehead atoms. The lowest BCUT2D eigenvalue weighted by Gasteiger charge is -2.24. The summed E-state index contributed by atoms with van der Waals surface area (Å²) >= 11 is 0. The van der Waals surface area contributed by atoms with Crippen LogP contribution in [0.25, 0.3) is 21.7 Å². The number of H-pyrrole nitrogens is 1. The number of rotatable bonds is 7. The lowest BCUT2D eigenvalue weighted by Crippen LogP contribution is -2.27. The maximum atomic E-state index is 12.4. The number of likely N-dealkylation sites (N-methyl/N-ethyl adjacent to an activating group) is 1. The third-order valence-corrected chi connectivity index (χ3v) is 6.76. The first-order valence-electron chi connectivity index (χ1n) is 11.5. The molecule has 1 saturated carbocycles. The van der Waals surface area contributed by atoms with Crippen LogP contribution in [0.15, 0.2) is 54.9 Å². The summed E-state index contributed by atoms with van der Waals surface area (Å²) in [7, 11) is 2.17. The highest BCUT2D eigenvalue weighted by atomic mass is 16.1. The predicted molar refractivity (Wildman–Crippen MR) is 131 cm³/mol. The molecule has 0 radical (unpaired) electrons. The number of carbonyl (C=O) groups is 1. The molecule has 1 fully saturated rings. The third-order valence-electron chi connectivity index (χ3n) is 6.76. The lowest BCUT2D eigenvalue weighted by molar-refractivity contribution is -0.122. The molecule has 5 nitrogen and oxygen atoms in total. The standard InChI is InChI=1S/C27H30N4O/c1-18-24(11-13-31(2)17-19-6-7-20-10-12-28-16-22(20)14-19)25-15-23(8-9-26(25)29-18)30-27(32)21-4-3-5-21/h6-10,12,14-16,21,29H,3-5,11,13,17H2,1-2H3,(H,30,32). The molecule has 1 aliphatic carbocycles. The zero-order valence-electron chi connectivity index (χ0n) is 18.8. The van der Waals surface area contributed by atoms with Crippen molar-refractivity contribution in [1.29, 1.82) is 0 Å². The van der Waals surface area contributed by atoms with Gasteiger partial charge in [-0.25, -0.2) is 0 Å². The monoisotopic (exact) mass is 426 g/mol. The number of fused-ring (bicyclic) bond motifs is 2. The molecule has 2 heterocycles. The molecule has 5 heteroatoms. The molecule has 164 valence electrons. The van der Waals surface area contributed by atoms with Gasteiger partial charge in [0.15, 0.2) is 0 Å². The quantitative estimate of drug-likeness (QED) is 0.414. The second-order valence-corrected chi connectivity index (χ2v) is 9.15. The van der Waals surface area contributed by atoms with Gasteiger partial charge in [-0.3, -0.25) is 9.78 Å². The van der Waals surface area contributed by atoms with Crippen LogP contribution in [0.4, 0.5) is 5.69 Å². The van der Waals surface area contributed by atoms with E-state index in [1.54, 1.807) is 0 Å². The van der Waals surface area contributed by atoms with Crippen LogP contribution in [0.2, 0.25) is 0 Å². The number of nitrogens with one attached hydrogen (secondary N) is 2. The van der Waals surface area contributed by atoms with Crippen molar-refractivity contribution in [2.75, 3.05) is 18.9 Å². The van der Waals surface area contributed by atoms with Crippen molar-refractivity contribution in [3.05, 3.63) is 71.7 Å². The largest absolute Gasteiger partial charge is 0.358 e. The van der Waals surface area contributed by atoms with Crippen molar-refractivity contribution >= 4 is 33.3 Å². The summed E-state index contributed by atoms with van der Waals surface area (Å²) in [5, 5.41) is 6.73. The molecule has 2 aromatic carbocycles. The highest BCUT2D eigenvalue weighted by Gasteiger charge is 2.25. The Kier molecular flexibility index (Phi) is 5.66. The molecule has 0 saturated heterocycles. The molecular formula is C27H30N4O. The number of aromatic nitrogens is 2. The number of hydrogen-bond acceptors (Lipinski definition) is 3. The Balaban J connectivity index is 1.27. The van der Waals surface area contributed by atoms with Gasteiger partial charge in [-0.05, 0) is 80.1 Å². The first kappa shape index (κ1) is 20.7. The first-order valence-corrected chi connectivity index (χ1v) is 11.5. The average Bonchev–Trinajstić information content (AvgIpc) is 3.05. The molecule has 0 unspecified atom stereocenters. The van der Waals surface area contributed by atoms with Crippen molar-refractivity contribution in [1.82, 2.24) is 14.9 Å². The van der Waals surface area contributed by atoms with Crippen molar-refractivity contribution in [3.63, 3.8) is 0 Å². The fraction of sp³-hybridized carbons (Fsp3) is 0.333. The van der Waals surface area contributed by atoms with E-state index in [0.717, 1.165) is 43.6 Å². The molecular weight excluding hydrogens is 396 g/mol. The van der Waals surface area contributed by atoms with Crippen molar-refractivity contribution in [2.45, 2.75) is 39.2 Å². The van der Waals surface area contributed by atoms with Gasteiger partial charge >= 0.3 is 0 Å². The van der Waals surface area contributed by atoms with E-state index in [-0.39, 0.29) is 11.8 Å². The molecule has 0 atom stereocenters. The number of anilines is 1. The van der Waals surface area contributed by atoms with Crippen molar-refractivity contribution in [2.24, 2.45) is 5.92 Å². The minimum absolute atomic E-state index is 0.162. The third kappa shape index (κ3) is 4.26. The summed E-state index contributed by atoms with van der Waals surface area (Å²) in [4.78, 5) is 22.5. The summed E-state index contributed by atoms with van der Waals surface area (Å²) in [6.45, 7) is 3.99. The number of nitrogens with zero attached hydrogens (tertiary/aromatic N) is 2. The van der Waals surface area contributed by atoms with Gasteiger partial charge in [-0.15, -0.1) is 0 Å². The van der Waals surface area contributed by atoms with E-state index in [0.29, 0.717) is 0 Å². The Morgan fingerprint density at radius 1 is 1.16 bits per heavy atom. The van der Waals surface area contributed by atoms with Crippen LogP contribution < -0.4 is 5.32 Å². The zero-order valence-corrected chi connectivity index (χ0v) is 18.8. The summed E-state index contributed by atoms with van der Waals surface area (Å²) in [6, 6.07) is 14.9. The molecule has 1 amide bonds. The van der Waals surface area contributed by atoms with Crippen LogP contribution in [0.3, 0.4) is 0 Å². The predicted octanol–water partition coefficient (Wildman–Crippen LogP) is 5.44. The number of benzene rings is 2. The first-order chi connectivity index (χ1) is 15.6. The number of aromatic amines is 1. The van der Waals surface area contributed by atoms with Gasteiger partial charge in [0.05, 0.1) is 0 Å². The van der Waals surface area contributed by atoms with Gasteiger partial charge in [-0.2, -0.15) is 0 Å². The number of hydrogen-bond donors (Lipinski definition) is 2. The van der Waals surface area contributed by atoms with E-state index >= 15 is 0 Å². The minimum Gasteiger partial charge on any atom is -0.358 e. The van der Waals surface area contributed by atoms with Crippen LogP contribution >= 0.6 is 0 Å². The molecule has 32 heavy (non-hydrogen) atoms. The van der Waals surface area contributed by atoms with Crippen LogP contribution in [0.1, 0.15) is 36.1 Å². The van der Waals surface area contributed by atoms with Gasteiger partial charge in [0, 0.05) is 59.1 Å². The smallest absolute Gasteiger partial charge is 0.227 e. The van der Waals surface area contributed by atoms with Crippen molar-refractivity contribution in [3.8, 4) is 0 Å². The second kappa shape index (κ2) is 8.75. The maximum Gasteiger partial charge on any atom is 0.227 e. The van der Waals surface area contributed by atoms with E-state index < -0.39 is 0 Å².